The number of nitrogens with zero attached hydrogens (tertiary/aromatic N) is 1. The smallest absolute Gasteiger partial charge is 0.335 e. The fraction of sp³-hybridized carbons (Fsp3) is 0.533. The third kappa shape index (κ3) is 3.96. The second-order valence-corrected chi connectivity index (χ2v) is 5.24. The Morgan fingerprint density at radius 1 is 1.37 bits per heavy atom. The van der Waals surface area contributed by atoms with Gasteiger partial charge in [-0.25, -0.2) is 4.79 Å². The Balaban J connectivity index is 1.80. The van der Waals surface area contributed by atoms with E-state index in [0.717, 1.165) is 18.3 Å². The van der Waals surface area contributed by atoms with Crippen LogP contribution in [0.15, 0.2) is 24.3 Å². The summed E-state index contributed by atoms with van der Waals surface area (Å²) in [7, 11) is 0. The first-order valence-corrected chi connectivity index (χ1v) is 6.80. The molecule has 0 bridgehead atoms. The standard InChI is InChI=1S/C15H21NO3/c1-11(2)16(13-5-6-13)9-10-19-14-7-3-12(4-8-14)15(17)18/h3-4,7-8,11,13H,5-6,9-10H2,1-2H3,(H,17,18). The lowest BCUT2D eigenvalue weighted by Crippen LogP contribution is -2.36. The van der Waals surface area contributed by atoms with Gasteiger partial charge in [0.2, 0.25) is 0 Å². The Bertz CT molecular complexity index is 422. The number of benzene rings is 1. The number of hydrogen-bond donors (Lipinski definition) is 1. The number of carbonyl (C=O) groups is 1. The van der Waals surface area contributed by atoms with Gasteiger partial charge in [-0.1, -0.05) is 0 Å². The summed E-state index contributed by atoms with van der Waals surface area (Å²) in [6.07, 6.45) is 2.59. The fourth-order valence-electron chi connectivity index (χ4n) is 2.23. The third-order valence-corrected chi connectivity index (χ3v) is 3.40. The van der Waals surface area contributed by atoms with Crippen molar-refractivity contribution in [3.05, 3.63) is 29.8 Å². The van der Waals surface area contributed by atoms with Gasteiger partial charge in [0.1, 0.15) is 12.4 Å². The van der Waals surface area contributed by atoms with Crippen molar-refractivity contribution < 1.29 is 14.6 Å². The van der Waals surface area contributed by atoms with E-state index in [1.165, 1.54) is 12.8 Å². The van der Waals surface area contributed by atoms with Crippen LogP contribution in [0, 0.1) is 0 Å². The maximum absolute atomic E-state index is 10.7. The largest absolute Gasteiger partial charge is 0.492 e. The molecule has 0 aromatic heterocycles. The van der Waals surface area contributed by atoms with Gasteiger partial charge < -0.3 is 9.84 Å². The van der Waals surface area contributed by atoms with Crippen LogP contribution in [0.25, 0.3) is 0 Å². The molecule has 1 aromatic carbocycles. The molecule has 4 nitrogen and oxygen atoms in total. The van der Waals surface area contributed by atoms with E-state index in [9.17, 15) is 4.79 Å². The highest BCUT2D eigenvalue weighted by atomic mass is 16.5. The molecule has 0 atom stereocenters. The minimum absolute atomic E-state index is 0.286. The van der Waals surface area contributed by atoms with Gasteiger partial charge >= 0.3 is 5.97 Å². The summed E-state index contributed by atoms with van der Waals surface area (Å²) in [4.78, 5) is 13.2. The lowest BCUT2D eigenvalue weighted by molar-refractivity contribution is 0.0697. The average Bonchev–Trinajstić information content (AvgIpc) is 3.19. The fourth-order valence-corrected chi connectivity index (χ4v) is 2.23. The van der Waals surface area contributed by atoms with Crippen molar-refractivity contribution in [2.24, 2.45) is 0 Å². The van der Waals surface area contributed by atoms with Crippen molar-refractivity contribution in [1.29, 1.82) is 0 Å². The molecule has 0 saturated heterocycles. The molecular formula is C15H21NO3. The van der Waals surface area contributed by atoms with Crippen molar-refractivity contribution in [3.8, 4) is 5.75 Å². The normalized spacial score (nSPS) is 14.9. The summed E-state index contributed by atoms with van der Waals surface area (Å²) in [6, 6.07) is 7.83. The van der Waals surface area contributed by atoms with Crippen LogP contribution in [0.4, 0.5) is 0 Å². The van der Waals surface area contributed by atoms with Gasteiger partial charge in [0.25, 0.3) is 0 Å². The average molecular weight is 263 g/mol. The van der Waals surface area contributed by atoms with Crippen LogP contribution in [-0.2, 0) is 0 Å². The minimum Gasteiger partial charge on any atom is -0.492 e. The van der Waals surface area contributed by atoms with Crippen molar-refractivity contribution in [3.63, 3.8) is 0 Å². The lowest BCUT2D eigenvalue weighted by atomic mass is 10.2. The molecule has 1 aliphatic rings. The topological polar surface area (TPSA) is 49.8 Å². The molecule has 2 rings (SSSR count). The number of aromatic carboxylic acids is 1. The highest BCUT2D eigenvalue weighted by Crippen LogP contribution is 2.28. The number of ether oxygens (including phenoxy) is 1. The third-order valence-electron chi connectivity index (χ3n) is 3.40. The SMILES string of the molecule is CC(C)N(CCOc1ccc(C(=O)O)cc1)C1CC1. The molecule has 0 aliphatic heterocycles. The Morgan fingerprint density at radius 2 is 2.00 bits per heavy atom. The molecule has 0 heterocycles. The van der Waals surface area contributed by atoms with Crippen LogP contribution in [0.5, 0.6) is 5.75 Å². The van der Waals surface area contributed by atoms with E-state index in [1.807, 2.05) is 0 Å². The molecule has 4 heteroatoms. The first kappa shape index (κ1) is 13.9. The van der Waals surface area contributed by atoms with E-state index in [2.05, 4.69) is 18.7 Å². The monoisotopic (exact) mass is 263 g/mol. The van der Waals surface area contributed by atoms with Gasteiger partial charge in [0.05, 0.1) is 5.56 Å². The second kappa shape index (κ2) is 6.06. The predicted octanol–water partition coefficient (Wildman–Crippen LogP) is 2.64. The van der Waals surface area contributed by atoms with Crippen molar-refractivity contribution in [2.75, 3.05) is 13.2 Å². The molecule has 1 aromatic rings. The van der Waals surface area contributed by atoms with Gasteiger partial charge in [-0.05, 0) is 51.0 Å². The summed E-state index contributed by atoms with van der Waals surface area (Å²) < 4.78 is 5.66. The number of rotatable bonds is 7. The Kier molecular flexibility index (Phi) is 4.43. The summed E-state index contributed by atoms with van der Waals surface area (Å²) in [5.74, 6) is -0.184. The predicted molar refractivity (Wildman–Crippen MR) is 73.8 cm³/mol. The molecule has 1 fully saturated rings. The highest BCUT2D eigenvalue weighted by Gasteiger charge is 2.30. The zero-order valence-corrected chi connectivity index (χ0v) is 11.5. The van der Waals surface area contributed by atoms with Crippen molar-refractivity contribution in [2.45, 2.75) is 38.8 Å². The summed E-state index contributed by atoms with van der Waals surface area (Å²) in [5.41, 5.74) is 0.286. The number of hydrogen-bond acceptors (Lipinski definition) is 3. The Hall–Kier alpha value is -1.55. The molecule has 104 valence electrons. The van der Waals surface area contributed by atoms with Crippen LogP contribution >= 0.6 is 0 Å². The van der Waals surface area contributed by atoms with Crippen LogP contribution in [0.2, 0.25) is 0 Å². The van der Waals surface area contributed by atoms with Gasteiger partial charge in [0, 0.05) is 18.6 Å². The molecule has 1 saturated carbocycles. The first-order chi connectivity index (χ1) is 9.08. The van der Waals surface area contributed by atoms with Crippen molar-refractivity contribution in [1.82, 2.24) is 4.90 Å². The maximum atomic E-state index is 10.7. The summed E-state index contributed by atoms with van der Waals surface area (Å²) in [6.45, 7) is 5.98. The highest BCUT2D eigenvalue weighted by molar-refractivity contribution is 5.87. The molecule has 19 heavy (non-hydrogen) atoms. The Labute approximate surface area is 114 Å². The first-order valence-electron chi connectivity index (χ1n) is 6.80. The van der Waals surface area contributed by atoms with E-state index in [-0.39, 0.29) is 5.56 Å². The molecule has 0 radical (unpaired) electrons. The molecule has 0 spiro atoms. The lowest BCUT2D eigenvalue weighted by Gasteiger charge is -2.26. The molecular weight excluding hydrogens is 242 g/mol. The minimum atomic E-state index is -0.911. The molecule has 0 amide bonds. The zero-order chi connectivity index (χ0) is 13.8. The van der Waals surface area contributed by atoms with Crippen LogP contribution < -0.4 is 4.74 Å². The van der Waals surface area contributed by atoms with E-state index in [4.69, 9.17) is 9.84 Å². The van der Waals surface area contributed by atoms with Crippen LogP contribution in [-0.4, -0.2) is 41.2 Å². The van der Waals surface area contributed by atoms with E-state index >= 15 is 0 Å². The quantitative estimate of drug-likeness (QED) is 0.821. The molecule has 1 aliphatic carbocycles. The summed E-state index contributed by atoms with van der Waals surface area (Å²) in [5, 5.41) is 8.81. The van der Waals surface area contributed by atoms with Crippen LogP contribution in [0.3, 0.4) is 0 Å². The number of carboxylic acid groups (broad SMARTS) is 1. The molecule has 0 unspecified atom stereocenters. The Morgan fingerprint density at radius 3 is 2.47 bits per heavy atom. The van der Waals surface area contributed by atoms with Crippen LogP contribution in [0.1, 0.15) is 37.0 Å². The van der Waals surface area contributed by atoms with E-state index in [1.54, 1.807) is 24.3 Å². The van der Waals surface area contributed by atoms with E-state index in [0.29, 0.717) is 12.6 Å². The van der Waals surface area contributed by atoms with E-state index < -0.39 is 5.97 Å². The van der Waals surface area contributed by atoms with Gasteiger partial charge in [-0.15, -0.1) is 0 Å². The second-order valence-electron chi connectivity index (χ2n) is 5.24. The van der Waals surface area contributed by atoms with Gasteiger partial charge in [0.15, 0.2) is 0 Å². The van der Waals surface area contributed by atoms with Gasteiger partial charge in [-0.2, -0.15) is 0 Å². The van der Waals surface area contributed by atoms with Crippen molar-refractivity contribution >= 4 is 5.97 Å². The molecule has 1 N–H and O–H groups in total. The number of carboxylic acids is 1. The maximum Gasteiger partial charge on any atom is 0.335 e. The zero-order valence-electron chi connectivity index (χ0n) is 11.5. The summed E-state index contributed by atoms with van der Waals surface area (Å²) >= 11 is 0. The van der Waals surface area contributed by atoms with Gasteiger partial charge in [-0.3, -0.25) is 4.90 Å².